The van der Waals surface area contributed by atoms with Crippen LogP contribution in [0.5, 0.6) is 0 Å². The van der Waals surface area contributed by atoms with Gasteiger partial charge in [0.2, 0.25) is 0 Å². The van der Waals surface area contributed by atoms with Crippen molar-refractivity contribution in [3.05, 3.63) is 131 Å². The van der Waals surface area contributed by atoms with Crippen LogP contribution in [0.15, 0.2) is 109 Å². The lowest BCUT2D eigenvalue weighted by Gasteiger charge is -2.32. The molecule has 2 nitrogen and oxygen atoms in total. The number of hydrogen-bond donors (Lipinski definition) is 0. The Kier molecular flexibility index (Phi) is 4.65. The molecule has 32 heavy (non-hydrogen) atoms. The maximum Gasteiger partial charge on any atom is 0.128 e. The first-order chi connectivity index (χ1) is 15.6. The highest BCUT2D eigenvalue weighted by atomic mass is 31.2. The fourth-order valence-corrected chi connectivity index (χ4v) is 14.0. The van der Waals surface area contributed by atoms with Crippen molar-refractivity contribution >= 4 is 24.9 Å². The van der Waals surface area contributed by atoms with Crippen LogP contribution in [0.4, 0.5) is 0 Å². The number of fused-ring (bicyclic) bond motifs is 2. The molecule has 0 aromatic heterocycles. The summed E-state index contributed by atoms with van der Waals surface area (Å²) in [6.45, 7) is 0. The monoisotopic (exact) mass is 454 g/mol. The standard InChI is InChI=1S/C28H24O2P2/c29-31(23-13-3-1-4-14-23)19-21-11-7-9-17-25(21)27(31)28-26-18-10-8-12-22(26)20-32(28,30)24-15-5-2-6-16-24/h1-18,27-28H,19-20H2/t27-,28-,31+,32+/m0/s1. The van der Waals surface area contributed by atoms with Gasteiger partial charge in [-0.3, -0.25) is 0 Å². The smallest absolute Gasteiger partial charge is 0.128 e. The highest BCUT2D eigenvalue weighted by Gasteiger charge is 2.56. The Morgan fingerprint density at radius 3 is 1.22 bits per heavy atom. The maximum atomic E-state index is 15.0. The maximum absolute atomic E-state index is 15.0. The van der Waals surface area contributed by atoms with E-state index >= 15 is 0 Å². The lowest BCUT2D eigenvalue weighted by atomic mass is 9.98. The summed E-state index contributed by atoms with van der Waals surface area (Å²) in [6, 6.07) is 36.3. The Bertz CT molecular complexity index is 1290. The molecule has 4 aromatic carbocycles. The lowest BCUT2D eigenvalue weighted by molar-refractivity contribution is 0.560. The first kappa shape index (κ1) is 20.0. The molecule has 0 unspecified atom stereocenters. The van der Waals surface area contributed by atoms with Crippen LogP contribution in [0.25, 0.3) is 0 Å². The molecule has 6 rings (SSSR count). The number of hydrogen-bond acceptors (Lipinski definition) is 2. The van der Waals surface area contributed by atoms with Gasteiger partial charge in [-0.2, -0.15) is 0 Å². The molecule has 0 fully saturated rings. The minimum Gasteiger partial charge on any atom is -0.318 e. The molecule has 158 valence electrons. The molecule has 0 spiro atoms. The fourth-order valence-electron chi connectivity index (χ4n) is 5.75. The zero-order valence-corrected chi connectivity index (χ0v) is 19.5. The highest BCUT2D eigenvalue weighted by molar-refractivity contribution is 7.75. The number of benzene rings is 4. The topological polar surface area (TPSA) is 34.1 Å². The second kappa shape index (κ2) is 7.45. The molecule has 0 amide bonds. The average molecular weight is 454 g/mol. The second-order valence-corrected chi connectivity index (χ2v) is 14.8. The molecule has 0 aliphatic carbocycles. The minimum atomic E-state index is -2.89. The van der Waals surface area contributed by atoms with Crippen molar-refractivity contribution in [2.75, 3.05) is 0 Å². The predicted molar refractivity (Wildman–Crippen MR) is 133 cm³/mol. The van der Waals surface area contributed by atoms with Crippen molar-refractivity contribution < 1.29 is 9.13 Å². The average Bonchev–Trinajstić information content (AvgIpc) is 3.31. The molecule has 0 radical (unpaired) electrons. The van der Waals surface area contributed by atoms with Gasteiger partial charge in [-0.05, 0) is 22.3 Å². The van der Waals surface area contributed by atoms with Crippen LogP contribution < -0.4 is 10.6 Å². The number of rotatable bonds is 3. The van der Waals surface area contributed by atoms with Gasteiger partial charge in [0.1, 0.15) is 14.3 Å². The minimum absolute atomic E-state index is 0.282. The van der Waals surface area contributed by atoms with Gasteiger partial charge in [0.25, 0.3) is 0 Å². The van der Waals surface area contributed by atoms with E-state index in [2.05, 4.69) is 24.3 Å². The molecule has 0 N–H and O–H groups in total. The van der Waals surface area contributed by atoms with Gasteiger partial charge in [0.05, 0.1) is 11.3 Å². The van der Waals surface area contributed by atoms with Crippen LogP contribution in [0.1, 0.15) is 33.6 Å². The quantitative estimate of drug-likeness (QED) is 0.317. The summed E-state index contributed by atoms with van der Waals surface area (Å²) in [4.78, 5) is 0. The molecule has 4 heteroatoms. The normalized spacial score (nSPS) is 28.2. The van der Waals surface area contributed by atoms with Crippen LogP contribution >= 0.6 is 14.3 Å². The van der Waals surface area contributed by atoms with Crippen LogP contribution in [0.2, 0.25) is 0 Å². The summed E-state index contributed by atoms with van der Waals surface area (Å²) in [5.41, 5.74) is 3.92. The molecular formula is C28H24O2P2. The summed E-state index contributed by atoms with van der Waals surface area (Å²) in [5, 5.41) is 1.79. The molecule has 0 bridgehead atoms. The van der Waals surface area contributed by atoms with Crippen LogP contribution in [0.3, 0.4) is 0 Å². The largest absolute Gasteiger partial charge is 0.318 e. The molecule has 0 saturated carbocycles. The molecule has 2 aliphatic rings. The van der Waals surface area contributed by atoms with Gasteiger partial charge in [0, 0.05) is 22.9 Å². The molecule has 4 atom stereocenters. The van der Waals surface area contributed by atoms with Gasteiger partial charge in [-0.1, -0.05) is 109 Å². The van der Waals surface area contributed by atoms with E-state index in [1.807, 2.05) is 84.9 Å². The lowest BCUT2D eigenvalue weighted by Crippen LogP contribution is -2.17. The Balaban J connectivity index is 1.64. The van der Waals surface area contributed by atoms with Crippen molar-refractivity contribution in [2.45, 2.75) is 23.6 Å². The third-order valence-electron chi connectivity index (χ3n) is 7.14. The van der Waals surface area contributed by atoms with E-state index in [1.165, 1.54) is 0 Å². The summed E-state index contributed by atoms with van der Waals surface area (Å²) in [6.07, 6.45) is 1.07. The Labute approximate surface area is 189 Å². The zero-order valence-electron chi connectivity index (χ0n) is 17.7. The summed E-state index contributed by atoms with van der Waals surface area (Å²) < 4.78 is 30.0. The molecule has 4 aromatic rings. The zero-order chi connectivity index (χ0) is 21.8. The summed E-state index contributed by atoms with van der Waals surface area (Å²) in [5.74, 6) is 0. The van der Waals surface area contributed by atoms with E-state index in [-0.39, 0.29) is 11.3 Å². The van der Waals surface area contributed by atoms with Crippen molar-refractivity contribution in [2.24, 2.45) is 0 Å². The fraction of sp³-hybridized carbons (Fsp3) is 0.143. The van der Waals surface area contributed by atoms with Gasteiger partial charge in [0.15, 0.2) is 0 Å². The van der Waals surface area contributed by atoms with Gasteiger partial charge < -0.3 is 9.13 Å². The van der Waals surface area contributed by atoms with Gasteiger partial charge in [-0.15, -0.1) is 0 Å². The first-order valence-corrected chi connectivity index (χ1v) is 15.0. The van der Waals surface area contributed by atoms with Crippen LogP contribution in [-0.4, -0.2) is 0 Å². The van der Waals surface area contributed by atoms with Crippen molar-refractivity contribution in [3.8, 4) is 0 Å². The van der Waals surface area contributed by atoms with Gasteiger partial charge in [-0.25, -0.2) is 0 Å². The van der Waals surface area contributed by atoms with E-state index in [0.717, 1.165) is 32.9 Å². The van der Waals surface area contributed by atoms with Crippen molar-refractivity contribution in [3.63, 3.8) is 0 Å². The van der Waals surface area contributed by atoms with E-state index in [0.29, 0.717) is 12.3 Å². The van der Waals surface area contributed by atoms with E-state index in [9.17, 15) is 9.13 Å². The van der Waals surface area contributed by atoms with Crippen LogP contribution in [-0.2, 0) is 21.5 Å². The predicted octanol–water partition coefficient (Wildman–Crippen LogP) is 6.87. The molecular weight excluding hydrogens is 430 g/mol. The van der Waals surface area contributed by atoms with Crippen molar-refractivity contribution in [1.82, 2.24) is 0 Å². The Morgan fingerprint density at radius 2 is 0.812 bits per heavy atom. The summed E-state index contributed by atoms with van der Waals surface area (Å²) >= 11 is 0. The molecule has 0 saturated heterocycles. The van der Waals surface area contributed by atoms with E-state index in [1.54, 1.807) is 0 Å². The Morgan fingerprint density at radius 1 is 0.469 bits per heavy atom. The van der Waals surface area contributed by atoms with Crippen LogP contribution in [0, 0.1) is 0 Å². The molecule has 2 heterocycles. The third kappa shape index (κ3) is 2.87. The highest BCUT2D eigenvalue weighted by Crippen LogP contribution is 2.80. The molecule has 2 aliphatic heterocycles. The SMILES string of the molecule is O=[P@@]1(c2ccccc2)Cc2ccccc2[C@H]1[C@@H]1c2ccccc2C[P@@]1(=O)c1ccccc1. The first-order valence-electron chi connectivity index (χ1n) is 11.1. The second-order valence-electron chi connectivity index (χ2n) is 8.87. The Hall–Kier alpha value is -2.66. The third-order valence-corrected chi connectivity index (χ3v) is 14.3. The van der Waals surface area contributed by atoms with Gasteiger partial charge >= 0.3 is 0 Å². The van der Waals surface area contributed by atoms with Crippen molar-refractivity contribution in [1.29, 1.82) is 0 Å². The summed E-state index contributed by atoms with van der Waals surface area (Å²) in [7, 11) is -5.78. The van der Waals surface area contributed by atoms with E-state index < -0.39 is 14.3 Å². The van der Waals surface area contributed by atoms with E-state index in [4.69, 9.17) is 0 Å².